The SMILES string of the molecule is CC(C)CN(C)CC1CC(C(C)C)CCC1=O. The van der Waals surface area contributed by atoms with Crippen molar-refractivity contribution >= 4 is 5.78 Å². The third kappa shape index (κ3) is 4.79. The zero-order chi connectivity index (χ0) is 13.0. The van der Waals surface area contributed by atoms with Gasteiger partial charge in [-0.05, 0) is 37.6 Å². The van der Waals surface area contributed by atoms with E-state index in [0.717, 1.165) is 44.2 Å². The number of rotatable bonds is 5. The standard InChI is InChI=1S/C15H29NO/c1-11(2)9-16(5)10-14-8-13(12(3)4)6-7-15(14)17/h11-14H,6-10H2,1-5H3. The van der Waals surface area contributed by atoms with E-state index in [-0.39, 0.29) is 0 Å². The first-order chi connectivity index (χ1) is 7.90. The van der Waals surface area contributed by atoms with Gasteiger partial charge >= 0.3 is 0 Å². The zero-order valence-corrected chi connectivity index (χ0v) is 12.2. The Morgan fingerprint density at radius 3 is 2.47 bits per heavy atom. The van der Waals surface area contributed by atoms with Crippen LogP contribution >= 0.6 is 0 Å². The molecule has 0 heterocycles. The Morgan fingerprint density at radius 2 is 1.94 bits per heavy atom. The van der Waals surface area contributed by atoms with Crippen LogP contribution in [-0.4, -0.2) is 30.8 Å². The van der Waals surface area contributed by atoms with Crippen LogP contribution in [0.1, 0.15) is 47.0 Å². The van der Waals surface area contributed by atoms with E-state index in [2.05, 4.69) is 39.6 Å². The number of nitrogens with zero attached hydrogens (tertiary/aromatic N) is 1. The second-order valence-electron chi connectivity index (χ2n) is 6.56. The molecule has 100 valence electrons. The predicted molar refractivity (Wildman–Crippen MR) is 73.0 cm³/mol. The maximum atomic E-state index is 12.0. The highest BCUT2D eigenvalue weighted by Gasteiger charge is 2.30. The molecule has 0 aromatic heterocycles. The average molecular weight is 239 g/mol. The molecule has 0 N–H and O–H groups in total. The summed E-state index contributed by atoms with van der Waals surface area (Å²) >= 11 is 0. The van der Waals surface area contributed by atoms with Gasteiger partial charge in [0, 0.05) is 25.4 Å². The molecule has 0 bridgehead atoms. The molecule has 17 heavy (non-hydrogen) atoms. The molecule has 2 nitrogen and oxygen atoms in total. The van der Waals surface area contributed by atoms with Crippen molar-refractivity contribution in [2.24, 2.45) is 23.7 Å². The number of hydrogen-bond acceptors (Lipinski definition) is 2. The lowest BCUT2D eigenvalue weighted by Crippen LogP contribution is -2.37. The summed E-state index contributed by atoms with van der Waals surface area (Å²) in [5.74, 6) is 2.95. The first-order valence-electron chi connectivity index (χ1n) is 7.11. The number of ketones is 1. The maximum absolute atomic E-state index is 12.0. The first kappa shape index (κ1) is 14.7. The minimum absolute atomic E-state index is 0.292. The van der Waals surface area contributed by atoms with E-state index in [1.54, 1.807) is 0 Å². The fourth-order valence-corrected chi connectivity index (χ4v) is 3.00. The van der Waals surface area contributed by atoms with Crippen LogP contribution in [0.15, 0.2) is 0 Å². The minimum Gasteiger partial charge on any atom is -0.305 e. The van der Waals surface area contributed by atoms with Gasteiger partial charge in [0.1, 0.15) is 5.78 Å². The molecular weight excluding hydrogens is 210 g/mol. The molecule has 1 rings (SSSR count). The van der Waals surface area contributed by atoms with Gasteiger partial charge in [-0.2, -0.15) is 0 Å². The number of carbonyl (C=O) groups is 1. The molecule has 2 atom stereocenters. The quantitative estimate of drug-likeness (QED) is 0.734. The molecule has 0 aromatic rings. The molecule has 1 aliphatic rings. The highest BCUT2D eigenvalue weighted by Crippen LogP contribution is 2.32. The lowest BCUT2D eigenvalue weighted by Gasteiger charge is -2.33. The summed E-state index contributed by atoms with van der Waals surface area (Å²) in [6, 6.07) is 0. The Bertz CT molecular complexity index is 247. The van der Waals surface area contributed by atoms with Crippen molar-refractivity contribution in [3.05, 3.63) is 0 Å². The van der Waals surface area contributed by atoms with Crippen molar-refractivity contribution in [3.63, 3.8) is 0 Å². The molecule has 1 aliphatic carbocycles. The summed E-state index contributed by atoms with van der Waals surface area (Å²) in [7, 11) is 2.15. The van der Waals surface area contributed by atoms with Gasteiger partial charge in [-0.25, -0.2) is 0 Å². The Morgan fingerprint density at radius 1 is 1.29 bits per heavy atom. The summed E-state index contributed by atoms with van der Waals surface area (Å²) in [4.78, 5) is 14.3. The van der Waals surface area contributed by atoms with E-state index >= 15 is 0 Å². The molecule has 1 fully saturated rings. The normalized spacial score (nSPS) is 26.2. The highest BCUT2D eigenvalue weighted by molar-refractivity contribution is 5.81. The first-order valence-corrected chi connectivity index (χ1v) is 7.11. The van der Waals surface area contributed by atoms with Gasteiger partial charge in [0.25, 0.3) is 0 Å². The second kappa shape index (κ2) is 6.53. The molecule has 0 saturated heterocycles. The fourth-order valence-electron chi connectivity index (χ4n) is 3.00. The van der Waals surface area contributed by atoms with Gasteiger partial charge in [0.2, 0.25) is 0 Å². The topological polar surface area (TPSA) is 20.3 Å². The van der Waals surface area contributed by atoms with Crippen molar-refractivity contribution in [2.75, 3.05) is 20.1 Å². The minimum atomic E-state index is 0.292. The van der Waals surface area contributed by atoms with Crippen molar-refractivity contribution in [1.82, 2.24) is 4.90 Å². The van der Waals surface area contributed by atoms with E-state index in [0.29, 0.717) is 17.6 Å². The van der Waals surface area contributed by atoms with E-state index in [4.69, 9.17) is 0 Å². The number of Topliss-reactive ketones (excluding diaryl/α,β-unsaturated/α-hetero) is 1. The maximum Gasteiger partial charge on any atom is 0.137 e. The molecule has 0 aliphatic heterocycles. The molecule has 0 aromatic carbocycles. The Kier molecular flexibility index (Phi) is 5.64. The Labute approximate surface area is 107 Å². The molecule has 2 unspecified atom stereocenters. The lowest BCUT2D eigenvalue weighted by molar-refractivity contribution is -0.126. The molecule has 0 spiro atoms. The summed E-state index contributed by atoms with van der Waals surface area (Å²) in [6.45, 7) is 11.1. The van der Waals surface area contributed by atoms with Crippen molar-refractivity contribution in [2.45, 2.75) is 47.0 Å². The van der Waals surface area contributed by atoms with E-state index in [1.165, 1.54) is 0 Å². The molecular formula is C15H29NO. The predicted octanol–water partition coefficient (Wildman–Crippen LogP) is 3.22. The largest absolute Gasteiger partial charge is 0.305 e. The molecule has 0 radical (unpaired) electrons. The summed E-state index contributed by atoms with van der Waals surface area (Å²) in [5.41, 5.74) is 0. The summed E-state index contributed by atoms with van der Waals surface area (Å²) in [5, 5.41) is 0. The molecule has 1 saturated carbocycles. The van der Waals surface area contributed by atoms with Gasteiger partial charge in [0.05, 0.1) is 0 Å². The van der Waals surface area contributed by atoms with Gasteiger partial charge < -0.3 is 4.90 Å². The fraction of sp³-hybridized carbons (Fsp3) is 0.933. The zero-order valence-electron chi connectivity index (χ0n) is 12.2. The Hall–Kier alpha value is -0.370. The third-order valence-electron chi connectivity index (χ3n) is 3.96. The van der Waals surface area contributed by atoms with Crippen LogP contribution in [0, 0.1) is 23.7 Å². The number of carbonyl (C=O) groups excluding carboxylic acids is 1. The van der Waals surface area contributed by atoms with Crippen LogP contribution in [0.3, 0.4) is 0 Å². The van der Waals surface area contributed by atoms with Gasteiger partial charge in [-0.1, -0.05) is 27.7 Å². The van der Waals surface area contributed by atoms with Gasteiger partial charge in [-0.15, -0.1) is 0 Å². The molecule has 2 heteroatoms. The van der Waals surface area contributed by atoms with Crippen LogP contribution in [0.4, 0.5) is 0 Å². The van der Waals surface area contributed by atoms with E-state index in [1.807, 2.05) is 0 Å². The van der Waals surface area contributed by atoms with Gasteiger partial charge in [-0.3, -0.25) is 4.79 Å². The van der Waals surface area contributed by atoms with Crippen LogP contribution in [0.2, 0.25) is 0 Å². The summed E-state index contributed by atoms with van der Waals surface area (Å²) < 4.78 is 0. The van der Waals surface area contributed by atoms with Crippen LogP contribution < -0.4 is 0 Å². The Balaban J connectivity index is 2.47. The smallest absolute Gasteiger partial charge is 0.137 e. The van der Waals surface area contributed by atoms with E-state index in [9.17, 15) is 4.79 Å². The second-order valence-corrected chi connectivity index (χ2v) is 6.56. The van der Waals surface area contributed by atoms with Crippen LogP contribution in [0.5, 0.6) is 0 Å². The molecule has 0 amide bonds. The van der Waals surface area contributed by atoms with Crippen LogP contribution in [0.25, 0.3) is 0 Å². The third-order valence-corrected chi connectivity index (χ3v) is 3.96. The number of hydrogen-bond donors (Lipinski definition) is 0. The monoisotopic (exact) mass is 239 g/mol. The lowest BCUT2D eigenvalue weighted by atomic mass is 9.75. The van der Waals surface area contributed by atoms with Crippen molar-refractivity contribution in [3.8, 4) is 0 Å². The van der Waals surface area contributed by atoms with Gasteiger partial charge in [0.15, 0.2) is 0 Å². The van der Waals surface area contributed by atoms with Crippen molar-refractivity contribution in [1.29, 1.82) is 0 Å². The average Bonchev–Trinajstić information content (AvgIpc) is 2.19. The highest BCUT2D eigenvalue weighted by atomic mass is 16.1. The van der Waals surface area contributed by atoms with Crippen LogP contribution in [-0.2, 0) is 4.79 Å². The van der Waals surface area contributed by atoms with E-state index < -0.39 is 0 Å². The van der Waals surface area contributed by atoms with Crippen molar-refractivity contribution < 1.29 is 4.79 Å². The summed E-state index contributed by atoms with van der Waals surface area (Å²) in [6.07, 6.45) is 3.03.